The molecule has 0 fully saturated rings. The van der Waals surface area contributed by atoms with Gasteiger partial charge in [-0.2, -0.15) is 0 Å². The van der Waals surface area contributed by atoms with Crippen LogP contribution in [0.25, 0.3) is 11.1 Å². The lowest BCUT2D eigenvalue weighted by atomic mass is 10.1. The van der Waals surface area contributed by atoms with E-state index in [1.807, 2.05) is 0 Å². The number of benzene rings is 1. The molecule has 4 nitrogen and oxygen atoms in total. The predicted octanol–water partition coefficient (Wildman–Crippen LogP) is 1.54. The molecule has 6 heteroatoms. The summed E-state index contributed by atoms with van der Waals surface area (Å²) in [6, 6.07) is 7.06. The molecule has 0 radical (unpaired) electrons. The van der Waals surface area contributed by atoms with Gasteiger partial charge in [0.2, 0.25) is 10.0 Å². The SMILES string of the molecule is NS(=O)(=O)c1cncc(-c2ccc(F)cc2)c1. The van der Waals surface area contributed by atoms with Gasteiger partial charge in [-0.3, -0.25) is 4.98 Å². The van der Waals surface area contributed by atoms with Crippen molar-refractivity contribution in [2.75, 3.05) is 0 Å². The van der Waals surface area contributed by atoms with E-state index in [1.165, 1.54) is 30.6 Å². The van der Waals surface area contributed by atoms with E-state index >= 15 is 0 Å². The van der Waals surface area contributed by atoms with Crippen molar-refractivity contribution in [3.05, 3.63) is 48.5 Å². The van der Waals surface area contributed by atoms with E-state index < -0.39 is 10.0 Å². The van der Waals surface area contributed by atoms with Gasteiger partial charge < -0.3 is 0 Å². The zero-order chi connectivity index (χ0) is 12.5. The predicted molar refractivity (Wildman–Crippen MR) is 61.0 cm³/mol. The van der Waals surface area contributed by atoms with Crippen LogP contribution in [-0.2, 0) is 10.0 Å². The third-order valence-electron chi connectivity index (χ3n) is 2.22. The molecule has 0 saturated carbocycles. The molecule has 1 heterocycles. The normalized spacial score (nSPS) is 11.4. The maximum Gasteiger partial charge on any atom is 0.239 e. The number of primary sulfonamides is 1. The van der Waals surface area contributed by atoms with Crippen molar-refractivity contribution in [1.29, 1.82) is 0 Å². The summed E-state index contributed by atoms with van der Waals surface area (Å²) in [7, 11) is -3.78. The van der Waals surface area contributed by atoms with Crippen molar-refractivity contribution in [3.8, 4) is 11.1 Å². The van der Waals surface area contributed by atoms with Gasteiger partial charge in [-0.25, -0.2) is 17.9 Å². The number of rotatable bonds is 2. The summed E-state index contributed by atoms with van der Waals surface area (Å²) < 4.78 is 35.0. The van der Waals surface area contributed by atoms with Gasteiger partial charge in [0, 0.05) is 18.0 Å². The van der Waals surface area contributed by atoms with Gasteiger partial charge >= 0.3 is 0 Å². The molecule has 0 aliphatic heterocycles. The van der Waals surface area contributed by atoms with Crippen LogP contribution in [0.4, 0.5) is 4.39 Å². The van der Waals surface area contributed by atoms with Crippen LogP contribution in [-0.4, -0.2) is 13.4 Å². The lowest BCUT2D eigenvalue weighted by molar-refractivity contribution is 0.597. The zero-order valence-corrected chi connectivity index (χ0v) is 9.49. The first-order valence-electron chi connectivity index (χ1n) is 4.70. The lowest BCUT2D eigenvalue weighted by Crippen LogP contribution is -2.12. The Bertz CT molecular complexity index is 639. The van der Waals surface area contributed by atoms with Crippen molar-refractivity contribution in [3.63, 3.8) is 0 Å². The maximum atomic E-state index is 12.7. The minimum atomic E-state index is -3.78. The molecule has 2 N–H and O–H groups in total. The molecule has 0 spiro atoms. The van der Waals surface area contributed by atoms with Crippen LogP contribution in [0.2, 0.25) is 0 Å². The Kier molecular flexibility index (Phi) is 2.91. The first kappa shape index (κ1) is 11.7. The molecular weight excluding hydrogens is 243 g/mol. The van der Waals surface area contributed by atoms with Crippen LogP contribution in [0.15, 0.2) is 47.6 Å². The Morgan fingerprint density at radius 1 is 1.06 bits per heavy atom. The van der Waals surface area contributed by atoms with Gasteiger partial charge in [0.05, 0.1) is 0 Å². The molecule has 0 aliphatic carbocycles. The Morgan fingerprint density at radius 3 is 2.29 bits per heavy atom. The molecule has 0 aliphatic rings. The summed E-state index contributed by atoms with van der Waals surface area (Å²) in [6.07, 6.45) is 2.66. The Labute approximate surface area is 98.0 Å². The van der Waals surface area contributed by atoms with E-state index in [9.17, 15) is 12.8 Å². The van der Waals surface area contributed by atoms with E-state index in [4.69, 9.17) is 5.14 Å². The fraction of sp³-hybridized carbons (Fsp3) is 0. The smallest absolute Gasteiger partial charge is 0.239 e. The van der Waals surface area contributed by atoms with Gasteiger partial charge in [-0.05, 0) is 23.8 Å². The Morgan fingerprint density at radius 2 is 1.71 bits per heavy atom. The first-order valence-corrected chi connectivity index (χ1v) is 6.25. The molecule has 17 heavy (non-hydrogen) atoms. The van der Waals surface area contributed by atoms with Gasteiger partial charge in [0.1, 0.15) is 10.7 Å². The molecule has 0 atom stereocenters. The van der Waals surface area contributed by atoms with Crippen molar-refractivity contribution in [2.45, 2.75) is 4.90 Å². The molecule has 0 saturated heterocycles. The molecule has 0 unspecified atom stereocenters. The average molecular weight is 252 g/mol. The molecule has 0 bridgehead atoms. The maximum absolute atomic E-state index is 12.7. The molecule has 1 aromatic heterocycles. The summed E-state index contributed by atoms with van der Waals surface area (Å²) in [5.74, 6) is -0.357. The summed E-state index contributed by atoms with van der Waals surface area (Å²) >= 11 is 0. The second-order valence-electron chi connectivity index (χ2n) is 3.46. The summed E-state index contributed by atoms with van der Waals surface area (Å²) in [5, 5.41) is 5.00. The van der Waals surface area contributed by atoms with Crippen molar-refractivity contribution in [1.82, 2.24) is 4.98 Å². The van der Waals surface area contributed by atoms with E-state index in [-0.39, 0.29) is 10.7 Å². The third kappa shape index (κ3) is 2.66. The second kappa shape index (κ2) is 4.23. The minimum Gasteiger partial charge on any atom is -0.263 e. The van der Waals surface area contributed by atoms with Crippen LogP contribution >= 0.6 is 0 Å². The highest BCUT2D eigenvalue weighted by atomic mass is 32.2. The highest BCUT2D eigenvalue weighted by Crippen LogP contribution is 2.20. The van der Waals surface area contributed by atoms with Crippen LogP contribution in [0.1, 0.15) is 0 Å². The Balaban J connectivity index is 2.50. The standard InChI is InChI=1S/C11H9FN2O2S/c12-10-3-1-8(2-4-10)9-5-11(7-14-6-9)17(13,15)16/h1-7H,(H2,13,15,16). The van der Waals surface area contributed by atoms with Crippen LogP contribution < -0.4 is 5.14 Å². The number of nitrogens with two attached hydrogens (primary N) is 1. The summed E-state index contributed by atoms with van der Waals surface area (Å²) in [5.41, 5.74) is 1.24. The number of nitrogens with zero attached hydrogens (tertiary/aromatic N) is 1. The zero-order valence-electron chi connectivity index (χ0n) is 8.67. The molecule has 2 rings (SSSR count). The van der Waals surface area contributed by atoms with Crippen LogP contribution in [0, 0.1) is 5.82 Å². The largest absolute Gasteiger partial charge is 0.263 e. The highest BCUT2D eigenvalue weighted by Gasteiger charge is 2.09. The van der Waals surface area contributed by atoms with Crippen molar-refractivity contribution < 1.29 is 12.8 Å². The molecule has 1 aromatic carbocycles. The number of hydrogen-bond acceptors (Lipinski definition) is 3. The van der Waals surface area contributed by atoms with Crippen LogP contribution in [0.3, 0.4) is 0 Å². The first-order chi connectivity index (χ1) is 7.97. The number of hydrogen-bond donors (Lipinski definition) is 1. The van der Waals surface area contributed by atoms with E-state index in [2.05, 4.69) is 4.98 Å². The number of sulfonamides is 1. The van der Waals surface area contributed by atoms with Crippen LogP contribution in [0.5, 0.6) is 0 Å². The van der Waals surface area contributed by atoms with E-state index in [0.29, 0.717) is 11.1 Å². The van der Waals surface area contributed by atoms with Gasteiger partial charge in [0.25, 0.3) is 0 Å². The van der Waals surface area contributed by atoms with Gasteiger partial charge in [-0.1, -0.05) is 12.1 Å². The average Bonchev–Trinajstić information content (AvgIpc) is 2.29. The number of aromatic nitrogens is 1. The highest BCUT2D eigenvalue weighted by molar-refractivity contribution is 7.89. The lowest BCUT2D eigenvalue weighted by Gasteiger charge is -2.03. The van der Waals surface area contributed by atoms with Gasteiger partial charge in [-0.15, -0.1) is 0 Å². The fourth-order valence-electron chi connectivity index (χ4n) is 1.37. The second-order valence-corrected chi connectivity index (χ2v) is 5.02. The quantitative estimate of drug-likeness (QED) is 0.881. The van der Waals surface area contributed by atoms with E-state index in [1.54, 1.807) is 12.1 Å². The molecular formula is C11H9FN2O2S. The van der Waals surface area contributed by atoms with Crippen molar-refractivity contribution >= 4 is 10.0 Å². The third-order valence-corrected chi connectivity index (χ3v) is 3.10. The number of halogens is 1. The number of pyridine rings is 1. The van der Waals surface area contributed by atoms with Gasteiger partial charge in [0.15, 0.2) is 0 Å². The van der Waals surface area contributed by atoms with Crippen molar-refractivity contribution in [2.24, 2.45) is 5.14 Å². The van der Waals surface area contributed by atoms with E-state index in [0.717, 1.165) is 0 Å². The summed E-state index contributed by atoms with van der Waals surface area (Å²) in [6.45, 7) is 0. The molecule has 2 aromatic rings. The summed E-state index contributed by atoms with van der Waals surface area (Å²) in [4.78, 5) is 3.73. The minimum absolute atomic E-state index is 0.0701. The fourth-order valence-corrected chi connectivity index (χ4v) is 1.87. The molecule has 88 valence electrons. The monoisotopic (exact) mass is 252 g/mol. The topological polar surface area (TPSA) is 73.1 Å². The Hall–Kier alpha value is -1.79. The molecule has 0 amide bonds.